The minimum Gasteiger partial charge on any atom is -0.478 e. The Bertz CT molecular complexity index is 1050. The van der Waals surface area contributed by atoms with Crippen LogP contribution in [0.5, 0.6) is 0 Å². The topological polar surface area (TPSA) is 37.3 Å². The van der Waals surface area contributed by atoms with Crippen molar-refractivity contribution in [1.82, 2.24) is 0 Å². The standard InChI is InChI=1S/C21H14O2/c22-21(23)20-18-8-4-3-6-15(18)11-12-19(20)17-10-9-14-5-1-2-7-16(14)13-17/h1-13H,(H,22,23). The lowest BCUT2D eigenvalue weighted by molar-refractivity contribution is 0.0700. The van der Waals surface area contributed by atoms with Crippen LogP contribution in [0.3, 0.4) is 0 Å². The molecule has 1 N–H and O–H groups in total. The fourth-order valence-corrected chi connectivity index (χ4v) is 3.10. The number of fused-ring (bicyclic) bond motifs is 2. The Balaban J connectivity index is 2.03. The van der Waals surface area contributed by atoms with Gasteiger partial charge in [-0.3, -0.25) is 0 Å². The van der Waals surface area contributed by atoms with Crippen molar-refractivity contribution in [1.29, 1.82) is 0 Å². The maximum atomic E-state index is 11.9. The van der Waals surface area contributed by atoms with Gasteiger partial charge < -0.3 is 5.11 Å². The number of aromatic carboxylic acids is 1. The molecule has 0 aliphatic heterocycles. The zero-order chi connectivity index (χ0) is 15.8. The molecule has 2 nitrogen and oxygen atoms in total. The van der Waals surface area contributed by atoms with Gasteiger partial charge in [0.2, 0.25) is 0 Å². The van der Waals surface area contributed by atoms with Crippen LogP contribution in [0.2, 0.25) is 0 Å². The molecule has 4 aromatic carbocycles. The molecule has 0 aliphatic rings. The van der Waals surface area contributed by atoms with Gasteiger partial charge in [-0.25, -0.2) is 4.79 Å². The van der Waals surface area contributed by atoms with Crippen LogP contribution in [0, 0.1) is 0 Å². The molecule has 23 heavy (non-hydrogen) atoms. The van der Waals surface area contributed by atoms with Crippen molar-refractivity contribution in [2.75, 3.05) is 0 Å². The summed E-state index contributed by atoms with van der Waals surface area (Å²) in [6, 6.07) is 25.6. The van der Waals surface area contributed by atoms with Crippen molar-refractivity contribution in [3.63, 3.8) is 0 Å². The number of carboxylic acid groups (broad SMARTS) is 1. The predicted molar refractivity (Wildman–Crippen MR) is 93.8 cm³/mol. The average molecular weight is 298 g/mol. The van der Waals surface area contributed by atoms with Gasteiger partial charge in [-0.2, -0.15) is 0 Å². The molecule has 0 fully saturated rings. The van der Waals surface area contributed by atoms with Crippen LogP contribution in [0.15, 0.2) is 78.9 Å². The van der Waals surface area contributed by atoms with E-state index in [0.29, 0.717) is 5.56 Å². The number of carbonyl (C=O) groups is 1. The molecule has 110 valence electrons. The second kappa shape index (κ2) is 5.25. The van der Waals surface area contributed by atoms with E-state index >= 15 is 0 Å². The second-order valence-electron chi connectivity index (χ2n) is 5.58. The van der Waals surface area contributed by atoms with Gasteiger partial charge in [0.25, 0.3) is 0 Å². The van der Waals surface area contributed by atoms with E-state index in [-0.39, 0.29) is 0 Å². The molecule has 0 radical (unpaired) electrons. The number of benzene rings is 4. The van der Waals surface area contributed by atoms with Gasteiger partial charge in [-0.1, -0.05) is 72.8 Å². The van der Waals surface area contributed by atoms with Crippen molar-refractivity contribution in [3.8, 4) is 11.1 Å². The average Bonchev–Trinajstić information content (AvgIpc) is 2.60. The van der Waals surface area contributed by atoms with Gasteiger partial charge in [-0.15, -0.1) is 0 Å². The van der Waals surface area contributed by atoms with Crippen LogP contribution < -0.4 is 0 Å². The van der Waals surface area contributed by atoms with E-state index in [1.54, 1.807) is 0 Å². The van der Waals surface area contributed by atoms with Crippen LogP contribution in [-0.4, -0.2) is 11.1 Å². The van der Waals surface area contributed by atoms with Crippen LogP contribution in [0.25, 0.3) is 32.7 Å². The highest BCUT2D eigenvalue weighted by atomic mass is 16.4. The Morgan fingerprint density at radius 3 is 2.13 bits per heavy atom. The van der Waals surface area contributed by atoms with Crippen LogP contribution in [0.4, 0.5) is 0 Å². The summed E-state index contributed by atoms with van der Waals surface area (Å²) in [7, 11) is 0. The summed E-state index contributed by atoms with van der Waals surface area (Å²) < 4.78 is 0. The van der Waals surface area contributed by atoms with Gasteiger partial charge in [0.1, 0.15) is 0 Å². The predicted octanol–water partition coefficient (Wildman–Crippen LogP) is 5.36. The number of carboxylic acids is 1. The molecule has 0 saturated heterocycles. The van der Waals surface area contributed by atoms with E-state index in [1.165, 1.54) is 0 Å². The first-order chi connectivity index (χ1) is 11.2. The molecule has 0 spiro atoms. The van der Waals surface area contributed by atoms with Gasteiger partial charge in [-0.05, 0) is 38.7 Å². The van der Waals surface area contributed by atoms with Gasteiger partial charge in [0.15, 0.2) is 0 Å². The molecular weight excluding hydrogens is 284 g/mol. The van der Waals surface area contributed by atoms with E-state index in [0.717, 1.165) is 32.7 Å². The van der Waals surface area contributed by atoms with Gasteiger partial charge in [0, 0.05) is 0 Å². The highest BCUT2D eigenvalue weighted by Gasteiger charge is 2.15. The Morgan fingerprint density at radius 1 is 0.696 bits per heavy atom. The van der Waals surface area contributed by atoms with Crippen molar-refractivity contribution in [2.24, 2.45) is 0 Å². The molecule has 2 heteroatoms. The Kier molecular flexibility index (Phi) is 3.09. The van der Waals surface area contributed by atoms with Crippen LogP contribution in [0.1, 0.15) is 10.4 Å². The second-order valence-corrected chi connectivity index (χ2v) is 5.58. The molecule has 4 aromatic rings. The minimum atomic E-state index is -0.898. The molecule has 0 unspecified atom stereocenters. The molecule has 0 saturated carbocycles. The highest BCUT2D eigenvalue weighted by Crippen LogP contribution is 2.32. The Labute approximate surface area is 133 Å². The summed E-state index contributed by atoms with van der Waals surface area (Å²) in [6.45, 7) is 0. The monoisotopic (exact) mass is 298 g/mol. The third kappa shape index (κ3) is 2.25. The summed E-state index contributed by atoms with van der Waals surface area (Å²) in [5.74, 6) is -0.898. The fraction of sp³-hybridized carbons (Fsp3) is 0. The molecule has 0 aromatic heterocycles. The van der Waals surface area contributed by atoms with E-state index in [1.807, 2.05) is 72.8 Å². The zero-order valence-corrected chi connectivity index (χ0v) is 12.4. The number of rotatable bonds is 2. The van der Waals surface area contributed by atoms with Crippen molar-refractivity contribution in [2.45, 2.75) is 0 Å². The van der Waals surface area contributed by atoms with Gasteiger partial charge in [0.05, 0.1) is 5.56 Å². The third-order valence-corrected chi connectivity index (χ3v) is 4.20. The van der Waals surface area contributed by atoms with E-state index in [9.17, 15) is 9.90 Å². The lowest BCUT2D eigenvalue weighted by Crippen LogP contribution is -2.01. The lowest BCUT2D eigenvalue weighted by atomic mass is 9.93. The van der Waals surface area contributed by atoms with Crippen molar-refractivity contribution >= 4 is 27.5 Å². The van der Waals surface area contributed by atoms with Crippen molar-refractivity contribution in [3.05, 3.63) is 84.4 Å². The third-order valence-electron chi connectivity index (χ3n) is 4.20. The summed E-state index contributed by atoms with van der Waals surface area (Å²) in [4.78, 5) is 11.9. The summed E-state index contributed by atoms with van der Waals surface area (Å²) in [5, 5.41) is 13.7. The summed E-state index contributed by atoms with van der Waals surface area (Å²) in [6.07, 6.45) is 0. The largest absolute Gasteiger partial charge is 0.478 e. The van der Waals surface area contributed by atoms with Gasteiger partial charge >= 0.3 is 5.97 Å². The Morgan fingerprint density at radius 2 is 1.35 bits per heavy atom. The molecule has 0 heterocycles. The van der Waals surface area contributed by atoms with Crippen LogP contribution >= 0.6 is 0 Å². The van der Waals surface area contributed by atoms with E-state index in [2.05, 4.69) is 6.07 Å². The van der Waals surface area contributed by atoms with E-state index in [4.69, 9.17) is 0 Å². The SMILES string of the molecule is O=C(O)c1c(-c2ccc3ccccc3c2)ccc2ccccc12. The Hall–Kier alpha value is -3.13. The summed E-state index contributed by atoms with van der Waals surface area (Å²) in [5.41, 5.74) is 2.03. The first-order valence-corrected chi connectivity index (χ1v) is 7.48. The minimum absolute atomic E-state index is 0.360. The fourth-order valence-electron chi connectivity index (χ4n) is 3.10. The number of hydrogen-bond acceptors (Lipinski definition) is 1. The smallest absolute Gasteiger partial charge is 0.336 e. The first kappa shape index (κ1) is 13.5. The maximum Gasteiger partial charge on any atom is 0.336 e. The summed E-state index contributed by atoms with van der Waals surface area (Å²) >= 11 is 0. The van der Waals surface area contributed by atoms with Crippen molar-refractivity contribution < 1.29 is 9.90 Å². The molecule has 4 rings (SSSR count). The van der Waals surface area contributed by atoms with E-state index < -0.39 is 5.97 Å². The lowest BCUT2D eigenvalue weighted by Gasteiger charge is -2.11. The van der Waals surface area contributed by atoms with Crippen LogP contribution in [-0.2, 0) is 0 Å². The first-order valence-electron chi connectivity index (χ1n) is 7.48. The molecule has 0 aliphatic carbocycles. The quantitative estimate of drug-likeness (QED) is 0.541. The normalized spacial score (nSPS) is 11.0. The molecule has 0 atom stereocenters. The molecule has 0 bridgehead atoms. The zero-order valence-electron chi connectivity index (χ0n) is 12.4. The molecule has 0 amide bonds. The number of hydrogen-bond donors (Lipinski definition) is 1. The molecular formula is C21H14O2. The highest BCUT2D eigenvalue weighted by molar-refractivity contribution is 6.10. The maximum absolute atomic E-state index is 11.9.